The van der Waals surface area contributed by atoms with E-state index in [9.17, 15) is 4.79 Å². The molecule has 1 aromatic heterocycles. The number of hydrogen-bond acceptors (Lipinski definition) is 6. The van der Waals surface area contributed by atoms with Gasteiger partial charge in [0.25, 0.3) is 0 Å². The van der Waals surface area contributed by atoms with Gasteiger partial charge < -0.3 is 15.4 Å². The summed E-state index contributed by atoms with van der Waals surface area (Å²) in [6.45, 7) is 3.01. The highest BCUT2D eigenvalue weighted by molar-refractivity contribution is 5.79. The molecule has 1 aromatic rings. The van der Waals surface area contributed by atoms with Crippen LogP contribution < -0.4 is 10.6 Å². The summed E-state index contributed by atoms with van der Waals surface area (Å²) in [5, 5.41) is 7.87. The van der Waals surface area contributed by atoms with Gasteiger partial charge in [0.15, 0.2) is 5.82 Å². The standard InChI is InChI=1S/C12H18N4O2/c1-2-18-12(17)9-5-3-4-8-16(9)11-7-6-10(13)14-15-11/h6-7,9H,2-5,8H2,1H3,(H2,13,14). The minimum absolute atomic E-state index is 0.184. The van der Waals surface area contributed by atoms with E-state index in [1.165, 1.54) is 0 Å². The van der Waals surface area contributed by atoms with Crippen LogP contribution in [0.1, 0.15) is 26.2 Å². The van der Waals surface area contributed by atoms with Crippen molar-refractivity contribution in [2.75, 3.05) is 23.8 Å². The minimum Gasteiger partial charge on any atom is -0.464 e. The molecule has 1 saturated heterocycles. The van der Waals surface area contributed by atoms with Gasteiger partial charge in [-0.1, -0.05) is 0 Å². The second kappa shape index (κ2) is 5.66. The fraction of sp³-hybridized carbons (Fsp3) is 0.583. The van der Waals surface area contributed by atoms with E-state index in [1.54, 1.807) is 12.1 Å². The fourth-order valence-electron chi connectivity index (χ4n) is 2.18. The number of piperidine rings is 1. The summed E-state index contributed by atoms with van der Waals surface area (Å²) in [7, 11) is 0. The minimum atomic E-state index is -0.253. The predicted octanol–water partition coefficient (Wildman–Crippen LogP) is 0.981. The van der Waals surface area contributed by atoms with Gasteiger partial charge in [0.2, 0.25) is 0 Å². The summed E-state index contributed by atoms with van der Waals surface area (Å²) in [5.74, 6) is 0.876. The zero-order chi connectivity index (χ0) is 13.0. The Hall–Kier alpha value is -1.85. The average molecular weight is 250 g/mol. The Kier molecular flexibility index (Phi) is 3.96. The van der Waals surface area contributed by atoms with E-state index in [1.807, 2.05) is 11.8 Å². The molecule has 0 bridgehead atoms. The highest BCUT2D eigenvalue weighted by Gasteiger charge is 2.30. The van der Waals surface area contributed by atoms with Crippen molar-refractivity contribution < 1.29 is 9.53 Å². The monoisotopic (exact) mass is 250 g/mol. The van der Waals surface area contributed by atoms with E-state index in [4.69, 9.17) is 10.5 Å². The molecule has 6 nitrogen and oxygen atoms in total. The van der Waals surface area contributed by atoms with Crippen LogP contribution in [0.2, 0.25) is 0 Å². The molecule has 0 spiro atoms. The number of nitrogens with zero attached hydrogens (tertiary/aromatic N) is 3. The zero-order valence-electron chi connectivity index (χ0n) is 10.5. The largest absolute Gasteiger partial charge is 0.464 e. The summed E-state index contributed by atoms with van der Waals surface area (Å²) < 4.78 is 5.10. The van der Waals surface area contributed by atoms with Crippen molar-refractivity contribution in [3.8, 4) is 0 Å². The topological polar surface area (TPSA) is 81.3 Å². The van der Waals surface area contributed by atoms with E-state index in [2.05, 4.69) is 10.2 Å². The Balaban J connectivity index is 2.17. The van der Waals surface area contributed by atoms with E-state index in [0.29, 0.717) is 18.2 Å². The van der Waals surface area contributed by atoms with Gasteiger partial charge >= 0.3 is 5.97 Å². The second-order valence-electron chi connectivity index (χ2n) is 4.27. The summed E-state index contributed by atoms with van der Waals surface area (Å²) in [4.78, 5) is 13.9. The third-order valence-electron chi connectivity index (χ3n) is 3.03. The number of nitrogen functional groups attached to an aromatic ring is 1. The number of esters is 1. The normalized spacial score (nSPS) is 19.6. The summed E-state index contributed by atoms with van der Waals surface area (Å²) in [6, 6.07) is 3.23. The first kappa shape index (κ1) is 12.6. The highest BCUT2D eigenvalue weighted by Crippen LogP contribution is 2.23. The number of rotatable bonds is 3. The van der Waals surface area contributed by atoms with Gasteiger partial charge in [0.1, 0.15) is 11.9 Å². The zero-order valence-corrected chi connectivity index (χ0v) is 10.5. The van der Waals surface area contributed by atoms with Crippen molar-refractivity contribution in [2.24, 2.45) is 0 Å². The lowest BCUT2D eigenvalue weighted by Crippen LogP contribution is -2.46. The van der Waals surface area contributed by atoms with Gasteiger partial charge in [-0.2, -0.15) is 0 Å². The average Bonchev–Trinajstić information content (AvgIpc) is 2.40. The maximum Gasteiger partial charge on any atom is 0.328 e. The maximum absolute atomic E-state index is 11.9. The Bertz CT molecular complexity index is 407. The summed E-state index contributed by atoms with van der Waals surface area (Å²) in [6.07, 6.45) is 2.87. The lowest BCUT2D eigenvalue weighted by Gasteiger charge is -2.34. The Morgan fingerprint density at radius 1 is 1.50 bits per heavy atom. The number of aromatic nitrogens is 2. The van der Waals surface area contributed by atoms with Gasteiger partial charge in [0.05, 0.1) is 6.61 Å². The molecule has 0 aromatic carbocycles. The number of anilines is 2. The van der Waals surface area contributed by atoms with Crippen molar-refractivity contribution in [2.45, 2.75) is 32.2 Å². The molecule has 6 heteroatoms. The third-order valence-corrected chi connectivity index (χ3v) is 3.03. The molecule has 1 unspecified atom stereocenters. The third kappa shape index (κ3) is 2.69. The number of hydrogen-bond donors (Lipinski definition) is 1. The Labute approximate surface area is 106 Å². The number of ether oxygens (including phenoxy) is 1. The molecule has 2 N–H and O–H groups in total. The van der Waals surface area contributed by atoms with Crippen molar-refractivity contribution in [1.29, 1.82) is 0 Å². The Morgan fingerprint density at radius 3 is 3.00 bits per heavy atom. The SMILES string of the molecule is CCOC(=O)C1CCCCN1c1ccc(N)nn1. The van der Waals surface area contributed by atoms with Crippen molar-refractivity contribution in [3.63, 3.8) is 0 Å². The fourth-order valence-corrected chi connectivity index (χ4v) is 2.18. The molecule has 1 fully saturated rings. The molecule has 0 aliphatic carbocycles. The number of carbonyl (C=O) groups is 1. The van der Waals surface area contributed by atoms with Crippen molar-refractivity contribution in [3.05, 3.63) is 12.1 Å². The quantitative estimate of drug-likeness (QED) is 0.805. The number of nitrogens with two attached hydrogens (primary N) is 1. The molecule has 2 rings (SSSR count). The van der Waals surface area contributed by atoms with Gasteiger partial charge in [-0.15, -0.1) is 10.2 Å². The molecule has 18 heavy (non-hydrogen) atoms. The molecule has 1 aliphatic rings. The molecular weight excluding hydrogens is 232 g/mol. The molecule has 98 valence electrons. The highest BCUT2D eigenvalue weighted by atomic mass is 16.5. The lowest BCUT2D eigenvalue weighted by molar-refractivity contribution is -0.145. The molecule has 1 aliphatic heterocycles. The molecule has 0 amide bonds. The van der Waals surface area contributed by atoms with Crippen LogP contribution in [0.3, 0.4) is 0 Å². The molecular formula is C12H18N4O2. The van der Waals surface area contributed by atoms with Gasteiger partial charge in [0, 0.05) is 6.54 Å². The smallest absolute Gasteiger partial charge is 0.328 e. The number of carbonyl (C=O) groups excluding carboxylic acids is 1. The van der Waals surface area contributed by atoms with E-state index in [-0.39, 0.29) is 12.0 Å². The second-order valence-corrected chi connectivity index (χ2v) is 4.27. The Morgan fingerprint density at radius 2 is 2.33 bits per heavy atom. The first-order valence-electron chi connectivity index (χ1n) is 6.25. The van der Waals surface area contributed by atoms with Crippen LogP contribution in [-0.4, -0.2) is 35.4 Å². The van der Waals surface area contributed by atoms with Crippen LogP contribution in [0.5, 0.6) is 0 Å². The summed E-state index contributed by atoms with van der Waals surface area (Å²) in [5.41, 5.74) is 5.51. The van der Waals surface area contributed by atoms with Crippen molar-refractivity contribution >= 4 is 17.6 Å². The summed E-state index contributed by atoms with van der Waals surface area (Å²) >= 11 is 0. The molecule has 0 radical (unpaired) electrons. The maximum atomic E-state index is 11.9. The van der Waals surface area contributed by atoms with Gasteiger partial charge in [-0.25, -0.2) is 4.79 Å². The van der Waals surface area contributed by atoms with Gasteiger partial charge in [-0.05, 0) is 38.3 Å². The first-order chi connectivity index (χ1) is 8.72. The molecule has 0 saturated carbocycles. The molecule has 2 heterocycles. The van der Waals surface area contributed by atoms with Gasteiger partial charge in [-0.3, -0.25) is 0 Å². The van der Waals surface area contributed by atoms with E-state index >= 15 is 0 Å². The first-order valence-corrected chi connectivity index (χ1v) is 6.25. The lowest BCUT2D eigenvalue weighted by atomic mass is 10.0. The van der Waals surface area contributed by atoms with Crippen molar-refractivity contribution in [1.82, 2.24) is 10.2 Å². The van der Waals surface area contributed by atoms with E-state index in [0.717, 1.165) is 25.8 Å². The van der Waals surface area contributed by atoms with Crippen LogP contribution in [0.4, 0.5) is 11.6 Å². The molecule has 1 atom stereocenters. The van der Waals surface area contributed by atoms with Crippen LogP contribution >= 0.6 is 0 Å². The van der Waals surface area contributed by atoms with Crippen LogP contribution in [0.25, 0.3) is 0 Å². The van der Waals surface area contributed by atoms with Crippen LogP contribution in [-0.2, 0) is 9.53 Å². The van der Waals surface area contributed by atoms with E-state index < -0.39 is 0 Å². The van der Waals surface area contributed by atoms with Crippen LogP contribution in [0.15, 0.2) is 12.1 Å². The van der Waals surface area contributed by atoms with Crippen LogP contribution in [0, 0.1) is 0 Å². The predicted molar refractivity (Wildman–Crippen MR) is 68.1 cm³/mol.